The van der Waals surface area contributed by atoms with Crippen LogP contribution in [0.1, 0.15) is 43.9 Å². The summed E-state index contributed by atoms with van der Waals surface area (Å²) in [6.07, 6.45) is 2.50. The summed E-state index contributed by atoms with van der Waals surface area (Å²) in [7, 11) is 0. The van der Waals surface area contributed by atoms with E-state index in [9.17, 15) is 4.39 Å². The van der Waals surface area contributed by atoms with Gasteiger partial charge in [0.2, 0.25) is 0 Å². The molecule has 1 fully saturated rings. The third-order valence-electron chi connectivity index (χ3n) is 3.82. The van der Waals surface area contributed by atoms with Crippen LogP contribution in [0.5, 0.6) is 0 Å². The predicted molar refractivity (Wildman–Crippen MR) is 77.5 cm³/mol. The van der Waals surface area contributed by atoms with Crippen molar-refractivity contribution in [3.8, 4) is 0 Å². The molecule has 1 aliphatic rings. The molecule has 1 unspecified atom stereocenters. The summed E-state index contributed by atoms with van der Waals surface area (Å²) in [4.78, 5) is 2.48. The number of halogens is 1. The number of rotatable bonds is 6. The van der Waals surface area contributed by atoms with Gasteiger partial charge in [-0.2, -0.15) is 0 Å². The molecule has 106 valence electrons. The molecular weight excluding hydrogens is 239 g/mol. The van der Waals surface area contributed by atoms with Crippen molar-refractivity contribution in [2.24, 2.45) is 11.7 Å². The lowest BCUT2D eigenvalue weighted by Crippen LogP contribution is -2.38. The molecule has 1 saturated carbocycles. The molecule has 1 aromatic rings. The van der Waals surface area contributed by atoms with Crippen molar-refractivity contribution in [1.29, 1.82) is 0 Å². The van der Waals surface area contributed by atoms with E-state index in [1.165, 1.54) is 18.9 Å². The fourth-order valence-corrected chi connectivity index (χ4v) is 2.77. The van der Waals surface area contributed by atoms with E-state index >= 15 is 0 Å². The minimum Gasteiger partial charge on any atom is -0.329 e. The van der Waals surface area contributed by atoms with Crippen LogP contribution in [0, 0.1) is 18.7 Å². The SMILES string of the molecule is Cc1ccc(F)cc1C(CN)N(CC(C)C)C1CC1. The van der Waals surface area contributed by atoms with Crippen LogP contribution in [-0.2, 0) is 0 Å². The van der Waals surface area contributed by atoms with Gasteiger partial charge in [0.25, 0.3) is 0 Å². The summed E-state index contributed by atoms with van der Waals surface area (Å²) < 4.78 is 13.5. The minimum absolute atomic E-state index is 0.144. The molecule has 1 atom stereocenters. The Morgan fingerprint density at radius 1 is 1.37 bits per heavy atom. The van der Waals surface area contributed by atoms with Crippen LogP contribution in [0.2, 0.25) is 0 Å². The van der Waals surface area contributed by atoms with Crippen LogP contribution in [-0.4, -0.2) is 24.0 Å². The van der Waals surface area contributed by atoms with E-state index in [4.69, 9.17) is 5.73 Å². The van der Waals surface area contributed by atoms with Gasteiger partial charge in [-0.05, 0) is 48.9 Å². The zero-order valence-corrected chi connectivity index (χ0v) is 12.2. The zero-order chi connectivity index (χ0) is 14.0. The normalized spacial score (nSPS) is 17.2. The van der Waals surface area contributed by atoms with Crippen LogP contribution in [0.25, 0.3) is 0 Å². The summed E-state index contributed by atoms with van der Waals surface area (Å²) in [6, 6.07) is 5.82. The van der Waals surface area contributed by atoms with E-state index in [-0.39, 0.29) is 11.9 Å². The Hall–Kier alpha value is -0.930. The average molecular weight is 264 g/mol. The van der Waals surface area contributed by atoms with Crippen molar-refractivity contribution in [2.45, 2.75) is 45.7 Å². The average Bonchev–Trinajstić information content (AvgIpc) is 3.16. The third-order valence-corrected chi connectivity index (χ3v) is 3.82. The van der Waals surface area contributed by atoms with Crippen molar-refractivity contribution in [2.75, 3.05) is 13.1 Å². The van der Waals surface area contributed by atoms with Gasteiger partial charge in [0.15, 0.2) is 0 Å². The second-order valence-corrected chi connectivity index (χ2v) is 6.07. The van der Waals surface area contributed by atoms with Crippen LogP contribution < -0.4 is 5.73 Å². The number of nitrogens with zero attached hydrogens (tertiary/aromatic N) is 1. The van der Waals surface area contributed by atoms with Crippen LogP contribution in [0.3, 0.4) is 0 Å². The van der Waals surface area contributed by atoms with Crippen molar-refractivity contribution in [3.63, 3.8) is 0 Å². The van der Waals surface area contributed by atoms with Crippen molar-refractivity contribution in [1.82, 2.24) is 4.90 Å². The molecule has 2 nitrogen and oxygen atoms in total. The number of nitrogens with two attached hydrogens (primary N) is 1. The molecule has 1 aliphatic carbocycles. The zero-order valence-electron chi connectivity index (χ0n) is 12.2. The topological polar surface area (TPSA) is 29.3 Å². The number of aryl methyl sites for hydroxylation is 1. The molecule has 0 heterocycles. The van der Waals surface area contributed by atoms with Crippen LogP contribution in [0.15, 0.2) is 18.2 Å². The molecule has 0 aromatic heterocycles. The van der Waals surface area contributed by atoms with Gasteiger partial charge in [-0.1, -0.05) is 19.9 Å². The van der Waals surface area contributed by atoms with Gasteiger partial charge in [-0.25, -0.2) is 4.39 Å². The quantitative estimate of drug-likeness (QED) is 0.854. The molecule has 1 aromatic carbocycles. The Balaban J connectivity index is 2.28. The first kappa shape index (κ1) is 14.5. The highest BCUT2D eigenvalue weighted by atomic mass is 19.1. The Morgan fingerprint density at radius 3 is 2.58 bits per heavy atom. The van der Waals surface area contributed by atoms with Crippen molar-refractivity contribution in [3.05, 3.63) is 35.1 Å². The van der Waals surface area contributed by atoms with E-state index < -0.39 is 0 Å². The highest BCUT2D eigenvalue weighted by Crippen LogP contribution is 2.35. The molecule has 0 aliphatic heterocycles. The molecule has 3 heteroatoms. The van der Waals surface area contributed by atoms with Crippen molar-refractivity contribution < 1.29 is 4.39 Å². The van der Waals surface area contributed by atoms with E-state index in [0.29, 0.717) is 18.5 Å². The monoisotopic (exact) mass is 264 g/mol. The first-order chi connectivity index (χ1) is 9.02. The Kier molecular flexibility index (Phi) is 4.58. The van der Waals surface area contributed by atoms with Gasteiger partial charge >= 0.3 is 0 Å². The lowest BCUT2D eigenvalue weighted by atomic mass is 9.98. The van der Waals surface area contributed by atoms with Gasteiger partial charge in [-0.3, -0.25) is 4.90 Å². The van der Waals surface area contributed by atoms with E-state index in [0.717, 1.165) is 17.7 Å². The molecule has 2 N–H and O–H groups in total. The molecule has 19 heavy (non-hydrogen) atoms. The highest BCUT2D eigenvalue weighted by molar-refractivity contribution is 5.30. The summed E-state index contributed by atoms with van der Waals surface area (Å²) in [6.45, 7) is 8.07. The highest BCUT2D eigenvalue weighted by Gasteiger charge is 2.34. The van der Waals surface area contributed by atoms with Gasteiger partial charge < -0.3 is 5.73 Å². The predicted octanol–water partition coefficient (Wildman–Crippen LogP) is 3.25. The van der Waals surface area contributed by atoms with Gasteiger partial charge in [0.05, 0.1) is 0 Å². The lowest BCUT2D eigenvalue weighted by molar-refractivity contribution is 0.169. The Bertz CT molecular complexity index is 427. The maximum absolute atomic E-state index is 13.5. The summed E-state index contributed by atoms with van der Waals surface area (Å²) in [5.41, 5.74) is 8.18. The maximum Gasteiger partial charge on any atom is 0.123 e. The van der Waals surface area contributed by atoms with Gasteiger partial charge in [-0.15, -0.1) is 0 Å². The standard InChI is InChI=1S/C16H25FN2/c1-11(2)10-19(14-6-7-14)16(9-18)15-8-13(17)5-4-12(15)3/h4-5,8,11,14,16H,6-7,9-10,18H2,1-3H3. The first-order valence-corrected chi connectivity index (χ1v) is 7.24. The minimum atomic E-state index is -0.167. The molecule has 0 amide bonds. The number of hydrogen-bond donors (Lipinski definition) is 1. The summed E-state index contributed by atoms with van der Waals surface area (Å²) >= 11 is 0. The molecule has 2 rings (SSSR count). The van der Waals surface area contributed by atoms with Gasteiger partial charge in [0.1, 0.15) is 5.82 Å². The molecule has 0 saturated heterocycles. The molecule has 0 bridgehead atoms. The number of hydrogen-bond acceptors (Lipinski definition) is 2. The number of benzene rings is 1. The van der Waals surface area contributed by atoms with Gasteiger partial charge in [0, 0.05) is 25.2 Å². The largest absolute Gasteiger partial charge is 0.329 e. The fraction of sp³-hybridized carbons (Fsp3) is 0.625. The third kappa shape index (κ3) is 3.54. The maximum atomic E-state index is 13.5. The van der Waals surface area contributed by atoms with Crippen LogP contribution in [0.4, 0.5) is 4.39 Å². The second-order valence-electron chi connectivity index (χ2n) is 6.07. The Morgan fingerprint density at radius 2 is 2.05 bits per heavy atom. The fourth-order valence-electron chi connectivity index (χ4n) is 2.77. The molecule has 0 spiro atoms. The first-order valence-electron chi connectivity index (χ1n) is 7.24. The van der Waals surface area contributed by atoms with E-state index in [1.54, 1.807) is 6.07 Å². The second kappa shape index (κ2) is 6.02. The summed E-state index contributed by atoms with van der Waals surface area (Å²) in [5.74, 6) is 0.433. The molecule has 0 radical (unpaired) electrons. The van der Waals surface area contributed by atoms with E-state index in [2.05, 4.69) is 18.7 Å². The summed E-state index contributed by atoms with van der Waals surface area (Å²) in [5, 5.41) is 0. The Labute approximate surface area is 115 Å². The van der Waals surface area contributed by atoms with Crippen LogP contribution >= 0.6 is 0 Å². The lowest BCUT2D eigenvalue weighted by Gasteiger charge is -2.33. The van der Waals surface area contributed by atoms with Crippen molar-refractivity contribution >= 4 is 0 Å². The molecular formula is C16H25FN2. The van der Waals surface area contributed by atoms with E-state index in [1.807, 2.05) is 13.0 Å². The smallest absolute Gasteiger partial charge is 0.123 e.